The maximum absolute atomic E-state index is 12.7. The van der Waals surface area contributed by atoms with Gasteiger partial charge < -0.3 is 20.3 Å². The van der Waals surface area contributed by atoms with E-state index in [-0.39, 0.29) is 30.7 Å². The molecule has 0 spiro atoms. The first-order valence-electron chi connectivity index (χ1n) is 10.6. The van der Waals surface area contributed by atoms with E-state index in [1.165, 1.54) is 0 Å². The van der Waals surface area contributed by atoms with Gasteiger partial charge in [0.25, 0.3) is 0 Å². The molecule has 0 radical (unpaired) electrons. The molecule has 2 aromatic heterocycles. The number of hydrogen-bond acceptors (Lipinski definition) is 7. The smallest absolute Gasteiger partial charge is 0.240 e. The molecule has 4 rings (SSSR count). The van der Waals surface area contributed by atoms with E-state index in [0.29, 0.717) is 35.6 Å². The normalized spacial score (nSPS) is 27.7. The minimum atomic E-state index is -2.40. The number of aliphatic hydroxyl groups is 2. The molecule has 7 nitrogen and oxygen atoms in total. The van der Waals surface area contributed by atoms with E-state index in [1.807, 2.05) is 0 Å². The van der Waals surface area contributed by atoms with Crippen LogP contribution >= 0.6 is 0 Å². The predicted octanol–water partition coefficient (Wildman–Crippen LogP) is 3.40. The van der Waals surface area contributed by atoms with Crippen LogP contribution in [0.25, 0.3) is 10.9 Å². The van der Waals surface area contributed by atoms with Gasteiger partial charge in [-0.25, -0.2) is 23.7 Å². The Morgan fingerprint density at radius 2 is 1.83 bits per heavy atom. The van der Waals surface area contributed by atoms with Crippen LogP contribution in [0.15, 0.2) is 12.4 Å². The van der Waals surface area contributed by atoms with Crippen molar-refractivity contribution in [1.29, 1.82) is 0 Å². The van der Waals surface area contributed by atoms with Crippen LogP contribution in [0.2, 0.25) is 0 Å². The van der Waals surface area contributed by atoms with Gasteiger partial charge in [0.05, 0.1) is 23.1 Å². The van der Waals surface area contributed by atoms with Crippen molar-refractivity contribution >= 4 is 16.9 Å². The maximum Gasteiger partial charge on any atom is 0.240 e. The van der Waals surface area contributed by atoms with Crippen molar-refractivity contribution in [2.75, 3.05) is 5.32 Å². The number of nitrogens with one attached hydrogen (secondary N) is 1. The average Bonchev–Trinajstić information content (AvgIpc) is 2.67. The molecule has 0 aliphatic heterocycles. The Hall–Kier alpha value is -2.13. The first-order valence-corrected chi connectivity index (χ1v) is 10.6. The van der Waals surface area contributed by atoms with Crippen LogP contribution in [0.5, 0.6) is 5.88 Å². The molecule has 2 heterocycles. The zero-order chi connectivity index (χ0) is 21.3. The molecule has 164 valence electrons. The third-order valence-electron chi connectivity index (χ3n) is 6.01. The molecular weight excluding hydrogens is 394 g/mol. The summed E-state index contributed by atoms with van der Waals surface area (Å²) in [5, 5.41) is 23.0. The second kappa shape index (κ2) is 8.93. The van der Waals surface area contributed by atoms with E-state index >= 15 is 0 Å². The number of halogens is 2. The molecule has 2 aromatic rings. The standard InChI is InChI=1S/C21H28F2N4O3/c1-11(6-18(22)23)26-21-25-10-17-19(27-21)16(12-2-4-13(28)5-3-12)9-24-20(17)30-15-7-14(29)8-15/h9-15,18,28-29H,2-8H2,1H3,(H,25,26,27)/t11-,12?,13?,14?,15?/m0/s1. The molecule has 0 unspecified atom stereocenters. The molecule has 0 bridgehead atoms. The van der Waals surface area contributed by atoms with Crippen molar-refractivity contribution < 1.29 is 23.7 Å². The molecule has 0 aromatic carbocycles. The number of rotatable bonds is 7. The SMILES string of the molecule is C[C@@H](CC(F)F)Nc1ncc2c(OC3CC(O)C3)ncc(C3CCC(O)CC3)c2n1. The van der Waals surface area contributed by atoms with Crippen LogP contribution < -0.4 is 10.1 Å². The van der Waals surface area contributed by atoms with E-state index < -0.39 is 12.5 Å². The number of pyridine rings is 1. The van der Waals surface area contributed by atoms with Gasteiger partial charge in [-0.15, -0.1) is 0 Å². The number of ether oxygens (including phenoxy) is 1. The second-order valence-corrected chi connectivity index (χ2v) is 8.52. The summed E-state index contributed by atoms with van der Waals surface area (Å²) in [6.45, 7) is 1.67. The van der Waals surface area contributed by atoms with Gasteiger partial charge in [-0.3, -0.25) is 0 Å². The summed E-state index contributed by atoms with van der Waals surface area (Å²) in [6, 6.07) is -0.468. The van der Waals surface area contributed by atoms with Crippen LogP contribution in [-0.2, 0) is 0 Å². The Kier molecular flexibility index (Phi) is 6.29. The van der Waals surface area contributed by atoms with Gasteiger partial charge in [0, 0.05) is 43.3 Å². The highest BCUT2D eigenvalue weighted by Crippen LogP contribution is 2.38. The van der Waals surface area contributed by atoms with Gasteiger partial charge >= 0.3 is 0 Å². The highest BCUT2D eigenvalue weighted by Gasteiger charge is 2.31. The summed E-state index contributed by atoms with van der Waals surface area (Å²) in [6.07, 6.45) is 4.27. The molecule has 30 heavy (non-hydrogen) atoms. The molecule has 0 saturated heterocycles. The third kappa shape index (κ3) is 4.78. The lowest BCUT2D eigenvalue weighted by molar-refractivity contribution is -0.0120. The first-order chi connectivity index (χ1) is 14.4. The van der Waals surface area contributed by atoms with Gasteiger partial charge in [0.15, 0.2) is 0 Å². The van der Waals surface area contributed by atoms with E-state index in [1.54, 1.807) is 19.3 Å². The average molecular weight is 422 g/mol. The number of alkyl halides is 2. The summed E-state index contributed by atoms with van der Waals surface area (Å²) < 4.78 is 31.3. The number of nitrogens with zero attached hydrogens (tertiary/aromatic N) is 3. The fourth-order valence-corrected chi connectivity index (χ4v) is 4.20. The van der Waals surface area contributed by atoms with Crippen LogP contribution in [0.3, 0.4) is 0 Å². The largest absolute Gasteiger partial charge is 0.474 e. The summed E-state index contributed by atoms with van der Waals surface area (Å²) in [5.41, 5.74) is 1.66. The van der Waals surface area contributed by atoms with Crippen LogP contribution in [0.4, 0.5) is 14.7 Å². The predicted molar refractivity (Wildman–Crippen MR) is 108 cm³/mol. The molecule has 2 aliphatic carbocycles. The zero-order valence-electron chi connectivity index (χ0n) is 17.0. The number of anilines is 1. The number of fused-ring (bicyclic) bond motifs is 1. The summed E-state index contributed by atoms with van der Waals surface area (Å²) in [7, 11) is 0. The Morgan fingerprint density at radius 3 is 2.50 bits per heavy atom. The van der Waals surface area contributed by atoms with E-state index in [2.05, 4.69) is 20.3 Å². The molecule has 2 fully saturated rings. The van der Waals surface area contributed by atoms with Gasteiger partial charge in [-0.05, 0) is 38.5 Å². The minimum Gasteiger partial charge on any atom is -0.474 e. The highest BCUT2D eigenvalue weighted by atomic mass is 19.3. The minimum absolute atomic E-state index is 0.0877. The molecule has 1 atom stereocenters. The lowest BCUT2D eigenvalue weighted by Gasteiger charge is -2.31. The lowest BCUT2D eigenvalue weighted by atomic mass is 9.83. The summed E-state index contributed by atoms with van der Waals surface area (Å²) in [5.74, 6) is 0.932. The Bertz CT molecular complexity index is 871. The van der Waals surface area contributed by atoms with Crippen molar-refractivity contribution in [3.8, 4) is 5.88 Å². The number of aliphatic hydroxyl groups excluding tert-OH is 2. The fourth-order valence-electron chi connectivity index (χ4n) is 4.20. The molecule has 2 aliphatic rings. The van der Waals surface area contributed by atoms with Crippen LogP contribution in [-0.4, -0.2) is 55.9 Å². The van der Waals surface area contributed by atoms with Gasteiger partial charge in [0.1, 0.15) is 6.10 Å². The fraction of sp³-hybridized carbons (Fsp3) is 0.667. The van der Waals surface area contributed by atoms with Gasteiger partial charge in [0.2, 0.25) is 18.3 Å². The molecule has 3 N–H and O–H groups in total. The van der Waals surface area contributed by atoms with Crippen molar-refractivity contribution in [1.82, 2.24) is 15.0 Å². The van der Waals surface area contributed by atoms with Crippen molar-refractivity contribution in [3.63, 3.8) is 0 Å². The Labute approximate surface area is 173 Å². The maximum atomic E-state index is 12.7. The topological polar surface area (TPSA) is 100 Å². The second-order valence-electron chi connectivity index (χ2n) is 8.52. The van der Waals surface area contributed by atoms with Crippen molar-refractivity contribution in [3.05, 3.63) is 18.0 Å². The van der Waals surface area contributed by atoms with Crippen LogP contribution in [0.1, 0.15) is 63.4 Å². The monoisotopic (exact) mass is 422 g/mol. The number of hydrogen-bond donors (Lipinski definition) is 3. The summed E-state index contributed by atoms with van der Waals surface area (Å²) in [4.78, 5) is 13.5. The molecular formula is C21H28F2N4O3. The van der Waals surface area contributed by atoms with E-state index in [0.717, 1.165) is 31.2 Å². The Morgan fingerprint density at radius 1 is 1.10 bits per heavy atom. The van der Waals surface area contributed by atoms with Gasteiger partial charge in [-0.1, -0.05) is 0 Å². The lowest BCUT2D eigenvalue weighted by Crippen LogP contribution is -2.37. The quantitative estimate of drug-likeness (QED) is 0.629. The molecule has 0 amide bonds. The van der Waals surface area contributed by atoms with Crippen molar-refractivity contribution in [2.24, 2.45) is 0 Å². The van der Waals surface area contributed by atoms with E-state index in [9.17, 15) is 19.0 Å². The first kappa shape index (κ1) is 21.1. The van der Waals surface area contributed by atoms with Crippen LogP contribution in [0, 0.1) is 0 Å². The van der Waals surface area contributed by atoms with E-state index in [4.69, 9.17) is 4.74 Å². The zero-order valence-corrected chi connectivity index (χ0v) is 17.0. The third-order valence-corrected chi connectivity index (χ3v) is 6.01. The number of aromatic nitrogens is 3. The highest BCUT2D eigenvalue weighted by molar-refractivity contribution is 5.86. The molecule has 9 heteroatoms. The molecule has 2 saturated carbocycles. The summed E-state index contributed by atoms with van der Waals surface area (Å²) >= 11 is 0. The Balaban J connectivity index is 1.65. The van der Waals surface area contributed by atoms with Gasteiger partial charge in [-0.2, -0.15) is 0 Å². The van der Waals surface area contributed by atoms with Crippen molar-refractivity contribution in [2.45, 2.75) is 88.6 Å².